The summed E-state index contributed by atoms with van der Waals surface area (Å²) in [6.07, 6.45) is 3.64. The molecule has 0 aliphatic rings. The first-order valence-corrected chi connectivity index (χ1v) is 8.86. The van der Waals surface area contributed by atoms with Crippen LogP contribution in [-0.2, 0) is 12.8 Å². The third-order valence-corrected chi connectivity index (χ3v) is 4.81. The standard InChI is InChI=1S/C20H20N2OS/c1-3-15-8-10-17(11-9-15)19(23)22-20-21-13-18(24-20)12-16-6-4-14(2)5-7-16/h4-11,13H,3,12H2,1-2H3,(H,21,22,23). The SMILES string of the molecule is CCc1ccc(C(=O)Nc2ncc(Cc3ccc(C)cc3)s2)cc1. The van der Waals surface area contributed by atoms with Crippen LogP contribution in [-0.4, -0.2) is 10.9 Å². The number of carbonyl (C=O) groups excluding carboxylic acids is 1. The number of aryl methyl sites for hydroxylation is 2. The quantitative estimate of drug-likeness (QED) is 0.723. The molecule has 0 fully saturated rings. The molecule has 0 unspecified atom stereocenters. The number of hydrogen-bond donors (Lipinski definition) is 1. The molecule has 3 rings (SSSR count). The molecular weight excluding hydrogens is 316 g/mol. The highest BCUT2D eigenvalue weighted by molar-refractivity contribution is 7.15. The molecule has 0 aliphatic carbocycles. The lowest BCUT2D eigenvalue weighted by molar-refractivity contribution is 0.102. The van der Waals surface area contributed by atoms with Crippen molar-refractivity contribution in [2.24, 2.45) is 0 Å². The van der Waals surface area contributed by atoms with Crippen LogP contribution in [0.1, 0.15) is 38.8 Å². The molecule has 0 atom stereocenters. The minimum Gasteiger partial charge on any atom is -0.298 e. The second kappa shape index (κ2) is 7.41. The average molecular weight is 336 g/mol. The Labute approximate surface area is 146 Å². The van der Waals surface area contributed by atoms with Crippen LogP contribution in [0.4, 0.5) is 5.13 Å². The topological polar surface area (TPSA) is 42.0 Å². The van der Waals surface area contributed by atoms with Crippen molar-refractivity contribution in [2.75, 3.05) is 5.32 Å². The summed E-state index contributed by atoms with van der Waals surface area (Å²) in [5.41, 5.74) is 4.38. The van der Waals surface area contributed by atoms with E-state index in [9.17, 15) is 4.79 Å². The zero-order valence-corrected chi connectivity index (χ0v) is 14.7. The van der Waals surface area contributed by atoms with Crippen molar-refractivity contribution in [3.05, 3.63) is 81.9 Å². The lowest BCUT2D eigenvalue weighted by Gasteiger charge is -2.03. The molecule has 1 aromatic heterocycles. The Kier molecular flexibility index (Phi) is 5.06. The number of amides is 1. The van der Waals surface area contributed by atoms with Gasteiger partial charge in [0.15, 0.2) is 5.13 Å². The number of hydrogen-bond acceptors (Lipinski definition) is 3. The maximum atomic E-state index is 12.3. The predicted molar refractivity (Wildman–Crippen MR) is 99.9 cm³/mol. The van der Waals surface area contributed by atoms with E-state index in [-0.39, 0.29) is 5.91 Å². The molecule has 0 bridgehead atoms. The molecule has 3 nitrogen and oxygen atoms in total. The van der Waals surface area contributed by atoms with Crippen molar-refractivity contribution in [1.29, 1.82) is 0 Å². The Morgan fingerprint density at radius 2 is 1.71 bits per heavy atom. The van der Waals surface area contributed by atoms with E-state index >= 15 is 0 Å². The number of thiazole rings is 1. The van der Waals surface area contributed by atoms with Gasteiger partial charge in [0.1, 0.15) is 0 Å². The second-order valence-corrected chi connectivity index (χ2v) is 6.91. The van der Waals surface area contributed by atoms with E-state index in [0.29, 0.717) is 10.7 Å². The number of rotatable bonds is 5. The minimum absolute atomic E-state index is 0.117. The Morgan fingerprint density at radius 3 is 2.38 bits per heavy atom. The number of nitrogens with one attached hydrogen (secondary N) is 1. The Hall–Kier alpha value is -2.46. The van der Waals surface area contributed by atoms with Gasteiger partial charge in [-0.15, -0.1) is 11.3 Å². The first-order valence-electron chi connectivity index (χ1n) is 8.04. The zero-order chi connectivity index (χ0) is 16.9. The van der Waals surface area contributed by atoms with Crippen molar-refractivity contribution in [3.63, 3.8) is 0 Å². The van der Waals surface area contributed by atoms with Crippen molar-refractivity contribution in [2.45, 2.75) is 26.7 Å². The summed E-state index contributed by atoms with van der Waals surface area (Å²) in [6.45, 7) is 4.18. The number of aromatic nitrogens is 1. The number of carbonyl (C=O) groups is 1. The summed E-state index contributed by atoms with van der Waals surface area (Å²) in [4.78, 5) is 17.7. The maximum absolute atomic E-state index is 12.3. The van der Waals surface area contributed by atoms with Gasteiger partial charge in [0.05, 0.1) is 0 Å². The van der Waals surface area contributed by atoms with E-state index in [2.05, 4.69) is 48.4 Å². The molecule has 0 aliphatic heterocycles. The van der Waals surface area contributed by atoms with Crippen LogP contribution in [0.15, 0.2) is 54.7 Å². The Balaban J connectivity index is 1.64. The van der Waals surface area contributed by atoms with Gasteiger partial charge >= 0.3 is 0 Å². The summed E-state index contributed by atoms with van der Waals surface area (Å²) in [5, 5.41) is 3.52. The van der Waals surface area contributed by atoms with Crippen LogP contribution in [0.3, 0.4) is 0 Å². The van der Waals surface area contributed by atoms with E-state index in [1.165, 1.54) is 28.0 Å². The third-order valence-electron chi connectivity index (χ3n) is 3.90. The van der Waals surface area contributed by atoms with E-state index in [1.54, 1.807) is 0 Å². The molecule has 24 heavy (non-hydrogen) atoms. The fourth-order valence-corrected chi connectivity index (χ4v) is 3.26. The van der Waals surface area contributed by atoms with E-state index in [1.807, 2.05) is 30.5 Å². The summed E-state index contributed by atoms with van der Waals surface area (Å²) in [5.74, 6) is -0.117. The highest BCUT2D eigenvalue weighted by Crippen LogP contribution is 2.22. The average Bonchev–Trinajstić information content (AvgIpc) is 3.04. The number of nitrogens with zero attached hydrogens (tertiary/aromatic N) is 1. The van der Waals surface area contributed by atoms with Crippen LogP contribution in [0, 0.1) is 6.92 Å². The largest absolute Gasteiger partial charge is 0.298 e. The van der Waals surface area contributed by atoms with Crippen molar-refractivity contribution < 1.29 is 4.79 Å². The lowest BCUT2D eigenvalue weighted by Crippen LogP contribution is -2.11. The van der Waals surface area contributed by atoms with Gasteiger partial charge < -0.3 is 0 Å². The van der Waals surface area contributed by atoms with Gasteiger partial charge in [-0.2, -0.15) is 0 Å². The van der Waals surface area contributed by atoms with Gasteiger partial charge in [-0.25, -0.2) is 4.98 Å². The number of anilines is 1. The van der Waals surface area contributed by atoms with E-state index < -0.39 is 0 Å². The fraction of sp³-hybridized carbons (Fsp3) is 0.200. The second-order valence-electron chi connectivity index (χ2n) is 5.80. The third kappa shape index (κ3) is 4.09. The molecule has 122 valence electrons. The van der Waals surface area contributed by atoms with Crippen LogP contribution >= 0.6 is 11.3 Å². The molecule has 2 aromatic carbocycles. The van der Waals surface area contributed by atoms with Gasteiger partial charge in [0, 0.05) is 23.1 Å². The summed E-state index contributed by atoms with van der Waals surface area (Å²) in [7, 11) is 0. The van der Waals surface area contributed by atoms with Crippen LogP contribution < -0.4 is 5.32 Å². The van der Waals surface area contributed by atoms with E-state index in [4.69, 9.17) is 0 Å². The van der Waals surface area contributed by atoms with Gasteiger partial charge in [0.25, 0.3) is 5.91 Å². The molecule has 0 saturated heterocycles. The molecule has 3 aromatic rings. The molecule has 0 spiro atoms. The Bertz CT molecular complexity index is 820. The lowest BCUT2D eigenvalue weighted by atomic mass is 10.1. The zero-order valence-electron chi connectivity index (χ0n) is 13.9. The number of benzene rings is 2. The van der Waals surface area contributed by atoms with E-state index in [0.717, 1.165) is 17.7 Å². The molecule has 0 saturated carbocycles. The summed E-state index contributed by atoms with van der Waals surface area (Å²) >= 11 is 1.52. The fourth-order valence-electron chi connectivity index (χ4n) is 2.42. The molecule has 1 heterocycles. The predicted octanol–water partition coefficient (Wildman–Crippen LogP) is 4.86. The van der Waals surface area contributed by atoms with Gasteiger partial charge in [-0.3, -0.25) is 10.1 Å². The monoisotopic (exact) mass is 336 g/mol. The first kappa shape index (κ1) is 16.4. The highest BCUT2D eigenvalue weighted by Gasteiger charge is 2.09. The first-order chi connectivity index (χ1) is 11.6. The van der Waals surface area contributed by atoms with Gasteiger partial charge in [0.2, 0.25) is 0 Å². The van der Waals surface area contributed by atoms with Crippen molar-refractivity contribution >= 4 is 22.4 Å². The minimum atomic E-state index is -0.117. The van der Waals surface area contributed by atoms with Gasteiger partial charge in [-0.1, -0.05) is 48.9 Å². The maximum Gasteiger partial charge on any atom is 0.257 e. The van der Waals surface area contributed by atoms with Crippen LogP contribution in [0.2, 0.25) is 0 Å². The summed E-state index contributed by atoms with van der Waals surface area (Å²) in [6, 6.07) is 16.2. The van der Waals surface area contributed by atoms with Gasteiger partial charge in [-0.05, 0) is 36.6 Å². The van der Waals surface area contributed by atoms with Crippen LogP contribution in [0.25, 0.3) is 0 Å². The van der Waals surface area contributed by atoms with Crippen molar-refractivity contribution in [1.82, 2.24) is 4.98 Å². The molecule has 1 N–H and O–H groups in total. The molecule has 1 amide bonds. The van der Waals surface area contributed by atoms with Crippen LogP contribution in [0.5, 0.6) is 0 Å². The smallest absolute Gasteiger partial charge is 0.257 e. The molecule has 4 heteroatoms. The summed E-state index contributed by atoms with van der Waals surface area (Å²) < 4.78 is 0. The molecule has 0 radical (unpaired) electrons. The molecular formula is C20H20N2OS. The highest BCUT2D eigenvalue weighted by atomic mass is 32.1. The normalized spacial score (nSPS) is 10.6. The Morgan fingerprint density at radius 1 is 1.04 bits per heavy atom. The van der Waals surface area contributed by atoms with Crippen molar-refractivity contribution in [3.8, 4) is 0 Å².